The van der Waals surface area contributed by atoms with Crippen molar-refractivity contribution < 1.29 is 4.74 Å². The third-order valence-corrected chi connectivity index (χ3v) is 7.37. The predicted octanol–water partition coefficient (Wildman–Crippen LogP) is 5.80. The third-order valence-electron chi connectivity index (χ3n) is 6.40. The van der Waals surface area contributed by atoms with Crippen molar-refractivity contribution in [1.29, 1.82) is 0 Å². The van der Waals surface area contributed by atoms with Gasteiger partial charge in [-0.3, -0.25) is 4.79 Å². The summed E-state index contributed by atoms with van der Waals surface area (Å²) >= 11 is 1.40. The highest BCUT2D eigenvalue weighted by molar-refractivity contribution is 7.15. The van der Waals surface area contributed by atoms with Gasteiger partial charge in [0, 0.05) is 17.3 Å². The molecule has 0 saturated heterocycles. The molecule has 0 saturated carbocycles. The molecule has 7 heteroatoms. The molecular weight excluding hydrogens is 480 g/mol. The molecule has 0 fully saturated rings. The zero-order valence-electron chi connectivity index (χ0n) is 20.7. The van der Waals surface area contributed by atoms with E-state index in [1.54, 1.807) is 4.40 Å². The second-order valence-electron chi connectivity index (χ2n) is 9.03. The molecule has 0 spiro atoms. The van der Waals surface area contributed by atoms with Crippen LogP contribution in [0.2, 0.25) is 0 Å². The lowest BCUT2D eigenvalue weighted by atomic mass is 10.0. The molecule has 0 radical (unpaired) electrons. The number of fused-ring (bicyclic) bond motifs is 3. The fourth-order valence-corrected chi connectivity index (χ4v) is 5.45. The lowest BCUT2D eigenvalue weighted by Gasteiger charge is -2.10. The van der Waals surface area contributed by atoms with Crippen molar-refractivity contribution in [3.05, 3.63) is 105 Å². The van der Waals surface area contributed by atoms with E-state index in [-0.39, 0.29) is 5.56 Å². The molecule has 0 atom stereocenters. The molecule has 6 aromatic rings. The molecule has 0 aliphatic rings. The highest BCUT2D eigenvalue weighted by atomic mass is 32.1. The minimum atomic E-state index is -0.0667. The number of hydrogen-bond donors (Lipinski definition) is 0. The van der Waals surface area contributed by atoms with Crippen molar-refractivity contribution in [2.75, 3.05) is 6.61 Å². The van der Waals surface area contributed by atoms with Gasteiger partial charge in [0.05, 0.1) is 27.9 Å². The van der Waals surface area contributed by atoms with Crippen molar-refractivity contribution in [2.24, 2.45) is 0 Å². The molecule has 0 N–H and O–H groups in total. The van der Waals surface area contributed by atoms with Crippen LogP contribution < -0.4 is 14.8 Å². The van der Waals surface area contributed by atoms with E-state index in [1.165, 1.54) is 11.3 Å². The second-order valence-corrected chi connectivity index (χ2v) is 10.0. The lowest BCUT2D eigenvalue weighted by Crippen LogP contribution is -2.22. The van der Waals surface area contributed by atoms with Crippen LogP contribution in [-0.4, -0.2) is 25.8 Å². The molecule has 3 heterocycles. The van der Waals surface area contributed by atoms with Crippen LogP contribution in [0.25, 0.3) is 39.0 Å². The van der Waals surface area contributed by atoms with Gasteiger partial charge in [-0.05, 0) is 67.4 Å². The number of hydrogen-bond acceptors (Lipinski definition) is 5. The van der Waals surface area contributed by atoms with Gasteiger partial charge in [0.2, 0.25) is 0 Å². The van der Waals surface area contributed by atoms with Crippen molar-refractivity contribution in [3.63, 3.8) is 0 Å². The summed E-state index contributed by atoms with van der Waals surface area (Å²) in [6, 6.07) is 23.9. The van der Waals surface area contributed by atoms with Gasteiger partial charge >= 0.3 is 0 Å². The van der Waals surface area contributed by atoms with E-state index >= 15 is 0 Å². The Morgan fingerprint density at radius 1 is 1.03 bits per heavy atom. The van der Waals surface area contributed by atoms with Crippen LogP contribution in [0.5, 0.6) is 5.75 Å². The standard InChI is InChI=1S/C30H26N4O2S/c1-3-4-16-36-26-15-14-21(17-20(26)2)28-22(19-33(32-28)23-10-6-5-7-11-23)18-27-29(35)34-25-13-9-8-12-24(25)31-30(34)37-27/h5-15,17-19H,3-4,16H2,1-2H3. The van der Waals surface area contributed by atoms with Gasteiger partial charge in [0.25, 0.3) is 5.56 Å². The van der Waals surface area contributed by atoms with Crippen molar-refractivity contribution >= 4 is 33.4 Å². The predicted molar refractivity (Wildman–Crippen MR) is 150 cm³/mol. The average Bonchev–Trinajstić information content (AvgIpc) is 3.59. The molecule has 0 bridgehead atoms. The van der Waals surface area contributed by atoms with Gasteiger partial charge in [-0.2, -0.15) is 5.10 Å². The monoisotopic (exact) mass is 506 g/mol. The van der Waals surface area contributed by atoms with Crippen LogP contribution in [0.15, 0.2) is 83.8 Å². The molecule has 3 aromatic heterocycles. The van der Waals surface area contributed by atoms with Gasteiger partial charge in [0.15, 0.2) is 4.96 Å². The molecule has 6 rings (SSSR count). The Labute approximate surface area is 218 Å². The Bertz CT molecular complexity index is 1830. The van der Waals surface area contributed by atoms with Crippen LogP contribution in [-0.2, 0) is 0 Å². The fraction of sp³-hybridized carbons (Fsp3) is 0.167. The molecule has 0 aliphatic carbocycles. The molecule has 0 unspecified atom stereocenters. The second kappa shape index (κ2) is 9.67. The highest BCUT2D eigenvalue weighted by Gasteiger charge is 2.15. The van der Waals surface area contributed by atoms with Gasteiger partial charge in [0.1, 0.15) is 11.4 Å². The van der Waals surface area contributed by atoms with Crippen LogP contribution >= 0.6 is 11.3 Å². The fourth-order valence-electron chi connectivity index (χ4n) is 4.47. The van der Waals surface area contributed by atoms with E-state index in [0.717, 1.165) is 57.7 Å². The molecule has 37 heavy (non-hydrogen) atoms. The van der Waals surface area contributed by atoms with Gasteiger partial charge in [-0.15, -0.1) is 0 Å². The first-order valence-corrected chi connectivity index (χ1v) is 13.2. The Balaban J connectivity index is 1.49. The Kier molecular flexibility index (Phi) is 6.06. The smallest absolute Gasteiger partial charge is 0.274 e. The summed E-state index contributed by atoms with van der Waals surface area (Å²) in [4.78, 5) is 18.8. The third kappa shape index (κ3) is 4.32. The first-order valence-electron chi connectivity index (χ1n) is 12.4. The average molecular weight is 507 g/mol. The molecule has 6 nitrogen and oxygen atoms in total. The van der Waals surface area contributed by atoms with Gasteiger partial charge < -0.3 is 4.74 Å². The largest absolute Gasteiger partial charge is 0.493 e. The van der Waals surface area contributed by atoms with Crippen LogP contribution in [0.3, 0.4) is 0 Å². The zero-order chi connectivity index (χ0) is 25.4. The number of para-hydroxylation sites is 3. The van der Waals surface area contributed by atoms with E-state index in [4.69, 9.17) is 9.84 Å². The topological polar surface area (TPSA) is 61.4 Å². The zero-order valence-corrected chi connectivity index (χ0v) is 21.5. The first kappa shape index (κ1) is 23.2. The maximum absolute atomic E-state index is 13.4. The SMILES string of the molecule is CCCCOc1ccc(-c2nn(-c3ccccc3)cc2C=c2sc3nc4ccccc4n3c2=O)cc1C. The van der Waals surface area contributed by atoms with E-state index in [2.05, 4.69) is 24.9 Å². The van der Waals surface area contributed by atoms with Crippen molar-refractivity contribution in [1.82, 2.24) is 19.2 Å². The summed E-state index contributed by atoms with van der Waals surface area (Å²) in [5.74, 6) is 0.887. The van der Waals surface area contributed by atoms with E-state index in [9.17, 15) is 4.79 Å². The number of unbranched alkanes of at least 4 members (excludes halogenated alkanes) is 1. The lowest BCUT2D eigenvalue weighted by molar-refractivity contribution is 0.307. The normalized spacial score (nSPS) is 12.1. The number of aromatic nitrogens is 4. The number of ether oxygens (including phenoxy) is 1. The number of nitrogens with zero attached hydrogens (tertiary/aromatic N) is 4. The minimum absolute atomic E-state index is 0.0667. The number of imidazole rings is 1. The van der Waals surface area contributed by atoms with Crippen molar-refractivity contribution in [3.8, 4) is 22.7 Å². The molecular formula is C30H26N4O2S. The van der Waals surface area contributed by atoms with Crippen LogP contribution in [0, 0.1) is 6.92 Å². The van der Waals surface area contributed by atoms with Gasteiger partial charge in [-0.25, -0.2) is 14.1 Å². The summed E-state index contributed by atoms with van der Waals surface area (Å²) in [6.45, 7) is 4.92. The van der Waals surface area contributed by atoms with Gasteiger partial charge in [-0.1, -0.05) is 55.0 Å². The van der Waals surface area contributed by atoms with E-state index < -0.39 is 0 Å². The first-order chi connectivity index (χ1) is 18.1. The number of benzene rings is 3. The Hall–Kier alpha value is -4.23. The van der Waals surface area contributed by atoms with Crippen LogP contribution in [0.1, 0.15) is 30.9 Å². The Morgan fingerprint density at radius 2 is 1.84 bits per heavy atom. The number of thiazole rings is 1. The quantitative estimate of drug-likeness (QED) is 0.257. The summed E-state index contributed by atoms with van der Waals surface area (Å²) in [5, 5.41) is 4.94. The number of rotatable bonds is 7. The molecule has 3 aromatic carbocycles. The molecule has 0 amide bonds. The minimum Gasteiger partial charge on any atom is -0.493 e. The maximum atomic E-state index is 13.4. The molecule has 184 valence electrons. The van der Waals surface area contributed by atoms with E-state index in [0.29, 0.717) is 16.1 Å². The van der Waals surface area contributed by atoms with Crippen LogP contribution in [0.4, 0.5) is 0 Å². The summed E-state index contributed by atoms with van der Waals surface area (Å²) in [7, 11) is 0. The highest BCUT2D eigenvalue weighted by Crippen LogP contribution is 2.29. The summed E-state index contributed by atoms with van der Waals surface area (Å²) < 4.78 is 10.1. The maximum Gasteiger partial charge on any atom is 0.274 e. The molecule has 0 aliphatic heterocycles. The number of aryl methyl sites for hydroxylation is 1. The van der Waals surface area contributed by atoms with E-state index in [1.807, 2.05) is 83.7 Å². The van der Waals surface area contributed by atoms with Crippen molar-refractivity contribution in [2.45, 2.75) is 26.7 Å². The summed E-state index contributed by atoms with van der Waals surface area (Å²) in [6.07, 6.45) is 6.03. The summed E-state index contributed by atoms with van der Waals surface area (Å²) in [5.41, 5.74) is 6.24. The Morgan fingerprint density at radius 3 is 2.65 bits per heavy atom.